The van der Waals surface area contributed by atoms with Crippen LogP contribution in [0, 0.1) is 11.7 Å². The SMILES string of the molecule is CNCC1CCN(CC(=O)NC(C)c2ccc(F)cc2)CC1. The highest BCUT2D eigenvalue weighted by molar-refractivity contribution is 5.78. The summed E-state index contributed by atoms with van der Waals surface area (Å²) in [4.78, 5) is 14.3. The molecular weight excluding hydrogens is 281 g/mol. The Morgan fingerprint density at radius 3 is 2.55 bits per heavy atom. The smallest absolute Gasteiger partial charge is 0.234 e. The van der Waals surface area contributed by atoms with Crippen molar-refractivity contribution >= 4 is 5.91 Å². The minimum atomic E-state index is -0.258. The van der Waals surface area contributed by atoms with Gasteiger partial charge in [0, 0.05) is 0 Å². The van der Waals surface area contributed by atoms with Gasteiger partial charge in [0.05, 0.1) is 12.6 Å². The zero-order valence-electron chi connectivity index (χ0n) is 13.4. The average Bonchev–Trinajstić information content (AvgIpc) is 2.50. The van der Waals surface area contributed by atoms with Gasteiger partial charge in [0.25, 0.3) is 0 Å². The molecule has 22 heavy (non-hydrogen) atoms. The predicted octanol–water partition coefficient (Wildman–Crippen LogP) is 1.93. The Bertz CT molecular complexity index is 469. The van der Waals surface area contributed by atoms with Crippen LogP contribution in [0.4, 0.5) is 4.39 Å². The van der Waals surface area contributed by atoms with Crippen LogP contribution in [0.1, 0.15) is 31.4 Å². The second kappa shape index (κ2) is 8.25. The van der Waals surface area contributed by atoms with E-state index in [0.29, 0.717) is 6.54 Å². The van der Waals surface area contributed by atoms with E-state index in [4.69, 9.17) is 0 Å². The normalized spacial score (nSPS) is 18.1. The maximum absolute atomic E-state index is 12.9. The van der Waals surface area contributed by atoms with Crippen LogP contribution in [-0.4, -0.2) is 44.0 Å². The van der Waals surface area contributed by atoms with Gasteiger partial charge in [-0.05, 0) is 70.1 Å². The molecule has 1 amide bonds. The average molecular weight is 307 g/mol. The minimum Gasteiger partial charge on any atom is -0.348 e. The lowest BCUT2D eigenvalue weighted by molar-refractivity contribution is -0.123. The molecule has 1 atom stereocenters. The van der Waals surface area contributed by atoms with Crippen molar-refractivity contribution < 1.29 is 9.18 Å². The third-order valence-electron chi connectivity index (χ3n) is 4.31. The summed E-state index contributed by atoms with van der Waals surface area (Å²) >= 11 is 0. The Balaban J connectivity index is 1.75. The molecule has 1 heterocycles. The third-order valence-corrected chi connectivity index (χ3v) is 4.31. The molecule has 0 bridgehead atoms. The van der Waals surface area contributed by atoms with Gasteiger partial charge in [0.2, 0.25) is 5.91 Å². The second-order valence-electron chi connectivity index (χ2n) is 6.12. The van der Waals surface area contributed by atoms with Gasteiger partial charge in [-0.1, -0.05) is 12.1 Å². The molecule has 1 aromatic carbocycles. The molecule has 5 heteroatoms. The third kappa shape index (κ3) is 5.07. The Morgan fingerprint density at radius 2 is 1.95 bits per heavy atom. The van der Waals surface area contributed by atoms with Gasteiger partial charge >= 0.3 is 0 Å². The van der Waals surface area contributed by atoms with E-state index in [-0.39, 0.29) is 17.8 Å². The van der Waals surface area contributed by atoms with E-state index in [1.54, 1.807) is 12.1 Å². The number of carbonyl (C=O) groups is 1. The first kappa shape index (κ1) is 16.9. The maximum atomic E-state index is 12.9. The van der Waals surface area contributed by atoms with Gasteiger partial charge in [-0.25, -0.2) is 4.39 Å². The van der Waals surface area contributed by atoms with Gasteiger partial charge < -0.3 is 10.6 Å². The number of amides is 1. The van der Waals surface area contributed by atoms with E-state index < -0.39 is 0 Å². The summed E-state index contributed by atoms with van der Waals surface area (Å²) in [6, 6.07) is 6.16. The van der Waals surface area contributed by atoms with Crippen LogP contribution in [0.2, 0.25) is 0 Å². The summed E-state index contributed by atoms with van der Waals surface area (Å²) in [5.74, 6) is 0.498. The van der Waals surface area contributed by atoms with Crippen molar-refractivity contribution in [2.45, 2.75) is 25.8 Å². The predicted molar refractivity (Wildman–Crippen MR) is 86.0 cm³/mol. The second-order valence-corrected chi connectivity index (χ2v) is 6.12. The van der Waals surface area contributed by atoms with E-state index in [1.165, 1.54) is 12.1 Å². The molecular formula is C17H26FN3O. The lowest BCUT2D eigenvalue weighted by Gasteiger charge is -2.31. The molecule has 1 fully saturated rings. The fraction of sp³-hybridized carbons (Fsp3) is 0.588. The van der Waals surface area contributed by atoms with Gasteiger partial charge in [-0.15, -0.1) is 0 Å². The number of hydrogen-bond donors (Lipinski definition) is 2. The van der Waals surface area contributed by atoms with E-state index in [2.05, 4.69) is 15.5 Å². The van der Waals surface area contributed by atoms with Gasteiger partial charge in [0.15, 0.2) is 0 Å². The maximum Gasteiger partial charge on any atom is 0.234 e. The topological polar surface area (TPSA) is 44.4 Å². The zero-order chi connectivity index (χ0) is 15.9. The first-order chi connectivity index (χ1) is 10.6. The molecule has 0 aliphatic carbocycles. The Kier molecular flexibility index (Phi) is 6.34. The number of nitrogens with zero attached hydrogens (tertiary/aromatic N) is 1. The number of likely N-dealkylation sites (tertiary alicyclic amines) is 1. The molecule has 2 rings (SSSR count). The lowest BCUT2D eigenvalue weighted by atomic mass is 9.97. The van der Waals surface area contributed by atoms with E-state index in [0.717, 1.165) is 44.0 Å². The Hall–Kier alpha value is -1.46. The zero-order valence-corrected chi connectivity index (χ0v) is 13.4. The molecule has 1 unspecified atom stereocenters. The van der Waals surface area contributed by atoms with Crippen molar-refractivity contribution in [2.24, 2.45) is 5.92 Å². The fourth-order valence-electron chi connectivity index (χ4n) is 2.96. The van der Waals surface area contributed by atoms with Crippen LogP contribution in [0.15, 0.2) is 24.3 Å². The number of carbonyl (C=O) groups excluding carboxylic acids is 1. The van der Waals surface area contributed by atoms with Crippen molar-refractivity contribution in [3.63, 3.8) is 0 Å². The first-order valence-electron chi connectivity index (χ1n) is 8.00. The van der Waals surface area contributed by atoms with Gasteiger partial charge in [0.1, 0.15) is 5.82 Å². The summed E-state index contributed by atoms with van der Waals surface area (Å²) in [7, 11) is 1.98. The van der Waals surface area contributed by atoms with Gasteiger partial charge in [-0.3, -0.25) is 9.69 Å². The molecule has 1 aliphatic heterocycles. The van der Waals surface area contributed by atoms with Crippen molar-refractivity contribution in [2.75, 3.05) is 33.2 Å². The van der Waals surface area contributed by atoms with E-state index in [9.17, 15) is 9.18 Å². The number of hydrogen-bond acceptors (Lipinski definition) is 3. The summed E-state index contributed by atoms with van der Waals surface area (Å²) in [5.41, 5.74) is 0.919. The molecule has 0 spiro atoms. The Morgan fingerprint density at radius 1 is 1.32 bits per heavy atom. The molecule has 0 saturated carbocycles. The van der Waals surface area contributed by atoms with Crippen LogP contribution >= 0.6 is 0 Å². The highest BCUT2D eigenvalue weighted by Gasteiger charge is 2.20. The van der Waals surface area contributed by atoms with Crippen LogP contribution in [0.25, 0.3) is 0 Å². The largest absolute Gasteiger partial charge is 0.348 e. The van der Waals surface area contributed by atoms with Crippen molar-refractivity contribution in [1.29, 1.82) is 0 Å². The van der Waals surface area contributed by atoms with E-state index >= 15 is 0 Å². The van der Waals surface area contributed by atoms with Crippen molar-refractivity contribution in [3.05, 3.63) is 35.6 Å². The van der Waals surface area contributed by atoms with Crippen molar-refractivity contribution in [3.8, 4) is 0 Å². The number of nitrogens with one attached hydrogen (secondary N) is 2. The van der Waals surface area contributed by atoms with Crippen LogP contribution in [0.3, 0.4) is 0 Å². The molecule has 0 aromatic heterocycles. The molecule has 1 aliphatic rings. The molecule has 1 aromatic rings. The molecule has 4 nitrogen and oxygen atoms in total. The van der Waals surface area contributed by atoms with E-state index in [1.807, 2.05) is 14.0 Å². The first-order valence-corrected chi connectivity index (χ1v) is 8.00. The fourth-order valence-corrected chi connectivity index (χ4v) is 2.96. The van der Waals surface area contributed by atoms with Crippen molar-refractivity contribution in [1.82, 2.24) is 15.5 Å². The lowest BCUT2D eigenvalue weighted by Crippen LogP contribution is -2.43. The van der Waals surface area contributed by atoms with Gasteiger partial charge in [-0.2, -0.15) is 0 Å². The summed E-state index contributed by atoms with van der Waals surface area (Å²) in [5, 5.41) is 6.20. The van der Waals surface area contributed by atoms with Crippen LogP contribution in [0.5, 0.6) is 0 Å². The summed E-state index contributed by atoms with van der Waals surface area (Å²) in [6.45, 7) is 5.37. The number of piperidine rings is 1. The monoisotopic (exact) mass is 307 g/mol. The molecule has 122 valence electrons. The number of rotatable bonds is 6. The number of benzene rings is 1. The standard InChI is InChI=1S/C17H26FN3O/c1-13(15-3-5-16(18)6-4-15)20-17(22)12-21-9-7-14(8-10-21)11-19-2/h3-6,13-14,19H,7-12H2,1-2H3,(H,20,22). The Labute approximate surface area is 132 Å². The molecule has 0 radical (unpaired) electrons. The highest BCUT2D eigenvalue weighted by atomic mass is 19.1. The van der Waals surface area contributed by atoms with Crippen LogP contribution < -0.4 is 10.6 Å². The highest BCUT2D eigenvalue weighted by Crippen LogP contribution is 2.16. The summed E-state index contributed by atoms with van der Waals surface area (Å²) in [6.07, 6.45) is 2.28. The molecule has 2 N–H and O–H groups in total. The number of halogens is 1. The minimum absolute atomic E-state index is 0.0314. The molecule has 1 saturated heterocycles. The summed E-state index contributed by atoms with van der Waals surface area (Å²) < 4.78 is 12.9. The quantitative estimate of drug-likeness (QED) is 0.844. The van der Waals surface area contributed by atoms with Crippen LogP contribution in [-0.2, 0) is 4.79 Å².